The summed E-state index contributed by atoms with van der Waals surface area (Å²) in [6.45, 7) is 6.34. The van der Waals surface area contributed by atoms with E-state index in [1.54, 1.807) is 7.05 Å². The Morgan fingerprint density at radius 1 is 1.20 bits per heavy atom. The van der Waals surface area contributed by atoms with Crippen molar-refractivity contribution in [2.45, 2.75) is 45.3 Å². The summed E-state index contributed by atoms with van der Waals surface area (Å²) in [6.07, 6.45) is 4.58. The Balaban J connectivity index is 1.78. The molecule has 2 aromatic rings. The van der Waals surface area contributed by atoms with Crippen molar-refractivity contribution in [1.82, 2.24) is 24.4 Å². The molecule has 0 radical (unpaired) electrons. The SMILES string of the molecule is CCn1c(N2CCNCC2)nc2nc(OC3CCCC3)n(C)c(=O)c21. The fourth-order valence-electron chi connectivity index (χ4n) is 3.80. The molecule has 2 aromatic heterocycles. The molecule has 3 heterocycles. The highest BCUT2D eigenvalue weighted by Crippen LogP contribution is 2.25. The maximum Gasteiger partial charge on any atom is 0.301 e. The molecule has 1 saturated carbocycles. The van der Waals surface area contributed by atoms with Crippen LogP contribution in [0.1, 0.15) is 32.6 Å². The van der Waals surface area contributed by atoms with Gasteiger partial charge in [0.15, 0.2) is 11.2 Å². The smallest absolute Gasteiger partial charge is 0.301 e. The highest BCUT2D eigenvalue weighted by Gasteiger charge is 2.24. The minimum atomic E-state index is -0.0891. The topological polar surface area (TPSA) is 77.2 Å². The van der Waals surface area contributed by atoms with Crippen LogP contribution in [0.25, 0.3) is 11.2 Å². The molecule has 0 spiro atoms. The van der Waals surface area contributed by atoms with E-state index >= 15 is 0 Å². The first-order valence-corrected chi connectivity index (χ1v) is 9.28. The van der Waals surface area contributed by atoms with Crippen molar-refractivity contribution >= 4 is 17.1 Å². The van der Waals surface area contributed by atoms with Crippen LogP contribution in [0.2, 0.25) is 0 Å². The molecule has 1 saturated heterocycles. The zero-order chi connectivity index (χ0) is 17.4. The molecular weight excluding hydrogens is 320 g/mol. The minimum absolute atomic E-state index is 0.0891. The van der Waals surface area contributed by atoms with Crippen LogP contribution in [0.4, 0.5) is 5.95 Å². The van der Waals surface area contributed by atoms with Crippen LogP contribution in [0.15, 0.2) is 4.79 Å². The molecule has 0 aromatic carbocycles. The number of rotatable bonds is 4. The molecule has 2 aliphatic rings. The number of nitrogens with one attached hydrogen (secondary N) is 1. The molecule has 136 valence electrons. The van der Waals surface area contributed by atoms with Crippen LogP contribution in [-0.4, -0.2) is 51.4 Å². The van der Waals surface area contributed by atoms with Gasteiger partial charge in [0.05, 0.1) is 0 Å². The fourth-order valence-corrected chi connectivity index (χ4v) is 3.80. The Kier molecular flexibility index (Phi) is 4.37. The lowest BCUT2D eigenvalue weighted by molar-refractivity contribution is 0.183. The minimum Gasteiger partial charge on any atom is -0.461 e. The summed E-state index contributed by atoms with van der Waals surface area (Å²) < 4.78 is 9.51. The molecule has 1 N–H and O–H groups in total. The Labute approximate surface area is 146 Å². The Bertz CT molecular complexity index is 815. The van der Waals surface area contributed by atoms with E-state index in [4.69, 9.17) is 9.72 Å². The number of nitrogens with zero attached hydrogens (tertiary/aromatic N) is 5. The van der Waals surface area contributed by atoms with Crippen LogP contribution >= 0.6 is 0 Å². The first-order valence-electron chi connectivity index (χ1n) is 9.28. The van der Waals surface area contributed by atoms with E-state index in [2.05, 4.69) is 15.2 Å². The molecule has 0 unspecified atom stereocenters. The molecule has 8 nitrogen and oxygen atoms in total. The van der Waals surface area contributed by atoms with Gasteiger partial charge < -0.3 is 19.5 Å². The molecule has 2 fully saturated rings. The number of anilines is 1. The lowest BCUT2D eigenvalue weighted by atomic mass is 10.3. The van der Waals surface area contributed by atoms with Crippen molar-refractivity contribution < 1.29 is 4.74 Å². The largest absolute Gasteiger partial charge is 0.461 e. The number of hydrogen-bond acceptors (Lipinski definition) is 6. The zero-order valence-electron chi connectivity index (χ0n) is 15.0. The molecular formula is C17H26N6O2. The van der Waals surface area contributed by atoms with E-state index in [9.17, 15) is 4.79 Å². The Morgan fingerprint density at radius 2 is 1.92 bits per heavy atom. The van der Waals surface area contributed by atoms with E-state index in [-0.39, 0.29) is 11.7 Å². The number of aromatic nitrogens is 4. The fraction of sp³-hybridized carbons (Fsp3) is 0.706. The molecule has 8 heteroatoms. The lowest BCUT2D eigenvalue weighted by Crippen LogP contribution is -2.44. The predicted octanol–water partition coefficient (Wildman–Crippen LogP) is 0.881. The first kappa shape index (κ1) is 16.4. The van der Waals surface area contributed by atoms with Gasteiger partial charge in [-0.2, -0.15) is 9.97 Å². The standard InChI is InChI=1S/C17H26N6O2/c1-3-23-13-14(19-16(23)22-10-8-18-9-11-22)20-17(21(2)15(13)24)25-12-6-4-5-7-12/h12,18H,3-11H2,1-2H3. The highest BCUT2D eigenvalue weighted by molar-refractivity contribution is 5.74. The van der Waals surface area contributed by atoms with Gasteiger partial charge in [0.2, 0.25) is 5.95 Å². The molecule has 1 aliphatic heterocycles. The van der Waals surface area contributed by atoms with Crippen molar-refractivity contribution in [2.24, 2.45) is 7.05 Å². The summed E-state index contributed by atoms with van der Waals surface area (Å²) in [5, 5.41) is 3.35. The van der Waals surface area contributed by atoms with Crippen molar-refractivity contribution in [1.29, 1.82) is 0 Å². The van der Waals surface area contributed by atoms with Gasteiger partial charge >= 0.3 is 6.01 Å². The van der Waals surface area contributed by atoms with Crippen LogP contribution < -0.4 is 20.5 Å². The summed E-state index contributed by atoms with van der Waals surface area (Å²) in [4.78, 5) is 24.5. The molecule has 0 amide bonds. The Morgan fingerprint density at radius 3 is 2.60 bits per heavy atom. The Hall–Kier alpha value is -2.09. The van der Waals surface area contributed by atoms with Crippen molar-refractivity contribution in [3.63, 3.8) is 0 Å². The summed E-state index contributed by atoms with van der Waals surface area (Å²) in [6, 6.07) is 0.386. The van der Waals surface area contributed by atoms with Gasteiger partial charge in [-0.15, -0.1) is 0 Å². The molecule has 25 heavy (non-hydrogen) atoms. The van der Waals surface area contributed by atoms with E-state index in [1.807, 2.05) is 11.5 Å². The van der Waals surface area contributed by atoms with Crippen molar-refractivity contribution in [3.05, 3.63) is 10.4 Å². The predicted molar refractivity (Wildman–Crippen MR) is 96.4 cm³/mol. The molecule has 0 bridgehead atoms. The second-order valence-electron chi connectivity index (χ2n) is 6.85. The average Bonchev–Trinajstić information content (AvgIpc) is 3.27. The van der Waals surface area contributed by atoms with Crippen LogP contribution in [0.3, 0.4) is 0 Å². The van der Waals surface area contributed by atoms with Gasteiger partial charge in [-0.3, -0.25) is 9.36 Å². The summed E-state index contributed by atoms with van der Waals surface area (Å²) >= 11 is 0. The number of fused-ring (bicyclic) bond motifs is 1. The van der Waals surface area contributed by atoms with Crippen molar-refractivity contribution in [2.75, 3.05) is 31.1 Å². The summed E-state index contributed by atoms with van der Waals surface area (Å²) in [7, 11) is 1.73. The molecule has 0 atom stereocenters. The van der Waals surface area contributed by atoms with Gasteiger partial charge in [0.1, 0.15) is 6.10 Å². The van der Waals surface area contributed by atoms with Crippen LogP contribution in [-0.2, 0) is 13.6 Å². The van der Waals surface area contributed by atoms with Gasteiger partial charge in [-0.05, 0) is 32.6 Å². The molecule has 4 rings (SSSR count). The number of imidazole rings is 1. The first-order chi connectivity index (χ1) is 12.2. The van der Waals surface area contributed by atoms with E-state index in [1.165, 1.54) is 17.4 Å². The number of hydrogen-bond donors (Lipinski definition) is 1. The van der Waals surface area contributed by atoms with Gasteiger partial charge in [-0.1, -0.05) is 0 Å². The summed E-state index contributed by atoms with van der Waals surface area (Å²) in [5.74, 6) is 0.835. The van der Waals surface area contributed by atoms with Gasteiger partial charge in [0.25, 0.3) is 5.56 Å². The third-order valence-electron chi connectivity index (χ3n) is 5.22. The van der Waals surface area contributed by atoms with Crippen LogP contribution in [0.5, 0.6) is 6.01 Å². The van der Waals surface area contributed by atoms with Crippen LogP contribution in [0, 0.1) is 0 Å². The zero-order valence-corrected chi connectivity index (χ0v) is 15.0. The maximum atomic E-state index is 12.9. The normalized spacial score (nSPS) is 19.0. The second-order valence-corrected chi connectivity index (χ2v) is 6.85. The summed E-state index contributed by atoms with van der Waals surface area (Å²) in [5.41, 5.74) is 0.970. The van der Waals surface area contributed by atoms with Gasteiger partial charge in [-0.25, -0.2) is 0 Å². The number of piperazine rings is 1. The number of aryl methyl sites for hydroxylation is 1. The monoisotopic (exact) mass is 346 g/mol. The highest BCUT2D eigenvalue weighted by atomic mass is 16.5. The third kappa shape index (κ3) is 2.88. The van der Waals surface area contributed by atoms with Gasteiger partial charge in [0, 0.05) is 39.8 Å². The van der Waals surface area contributed by atoms with Crippen molar-refractivity contribution in [3.8, 4) is 6.01 Å². The quantitative estimate of drug-likeness (QED) is 0.886. The molecule has 1 aliphatic carbocycles. The van der Waals surface area contributed by atoms with E-state index < -0.39 is 0 Å². The average molecular weight is 346 g/mol. The second kappa shape index (κ2) is 6.67. The van der Waals surface area contributed by atoms with E-state index in [0.717, 1.165) is 45.0 Å². The maximum absolute atomic E-state index is 12.9. The lowest BCUT2D eigenvalue weighted by Gasteiger charge is -2.28. The number of ether oxygens (including phenoxy) is 1. The van der Waals surface area contributed by atoms with E-state index in [0.29, 0.717) is 23.7 Å². The third-order valence-corrected chi connectivity index (χ3v) is 5.22.